The van der Waals surface area contributed by atoms with E-state index in [1.807, 2.05) is 19.1 Å². The van der Waals surface area contributed by atoms with E-state index in [0.29, 0.717) is 11.3 Å². The molecule has 0 aromatic carbocycles. The highest BCUT2D eigenvalue weighted by atomic mass is 16.1. The van der Waals surface area contributed by atoms with E-state index >= 15 is 0 Å². The van der Waals surface area contributed by atoms with E-state index in [1.165, 1.54) is 0 Å². The number of carbonyl (C=O) groups is 1. The maximum atomic E-state index is 12.7. The second-order valence-corrected chi connectivity index (χ2v) is 5.99. The number of hydrogen-bond donors (Lipinski definition) is 0. The zero-order valence-corrected chi connectivity index (χ0v) is 13.7. The first kappa shape index (κ1) is 15.6. The predicted molar refractivity (Wildman–Crippen MR) is 91.0 cm³/mol. The first-order chi connectivity index (χ1) is 11.1. The highest BCUT2D eigenvalue weighted by Gasteiger charge is 2.17. The van der Waals surface area contributed by atoms with Gasteiger partial charge in [-0.15, -0.1) is 0 Å². The van der Waals surface area contributed by atoms with Crippen LogP contribution in [0.2, 0.25) is 0 Å². The Kier molecular flexibility index (Phi) is 4.67. The third-order valence-electron chi connectivity index (χ3n) is 4.26. The van der Waals surface area contributed by atoms with Crippen molar-refractivity contribution in [2.24, 2.45) is 0 Å². The average molecular weight is 310 g/mol. The second kappa shape index (κ2) is 6.87. The summed E-state index contributed by atoms with van der Waals surface area (Å²) >= 11 is 0. The summed E-state index contributed by atoms with van der Waals surface area (Å²) in [5.74, 6) is 0.817. The maximum Gasteiger partial charge on any atom is 0.213 e. The molecule has 0 aliphatic carbocycles. The number of ketones is 1. The van der Waals surface area contributed by atoms with Gasteiger partial charge in [-0.1, -0.05) is 6.07 Å². The molecule has 2 aromatic heterocycles. The van der Waals surface area contributed by atoms with E-state index < -0.39 is 0 Å². The van der Waals surface area contributed by atoms with Crippen molar-refractivity contribution in [3.8, 4) is 0 Å². The molecule has 5 nitrogen and oxygen atoms in total. The molecular formula is C18H22N4O. The van der Waals surface area contributed by atoms with E-state index in [-0.39, 0.29) is 5.78 Å². The molecule has 120 valence electrons. The zero-order valence-electron chi connectivity index (χ0n) is 13.7. The molecule has 1 fully saturated rings. The van der Waals surface area contributed by atoms with Crippen molar-refractivity contribution < 1.29 is 4.79 Å². The molecule has 3 heterocycles. The summed E-state index contributed by atoms with van der Waals surface area (Å²) in [5, 5.41) is 0. The number of aromatic nitrogens is 2. The van der Waals surface area contributed by atoms with Crippen LogP contribution in [0.3, 0.4) is 0 Å². The lowest BCUT2D eigenvalue weighted by Gasteiger charge is -2.22. The minimum atomic E-state index is -0.0654. The largest absolute Gasteiger partial charge is 0.355 e. The SMILES string of the molecule is Cc1ncccc1C(=O)c1cccc(N2CCCN(C)CC2)n1. The lowest BCUT2D eigenvalue weighted by molar-refractivity contribution is 0.103. The second-order valence-electron chi connectivity index (χ2n) is 5.99. The Morgan fingerprint density at radius 1 is 1.09 bits per heavy atom. The molecule has 0 amide bonds. The molecule has 0 spiro atoms. The highest BCUT2D eigenvalue weighted by molar-refractivity contribution is 6.08. The first-order valence-corrected chi connectivity index (χ1v) is 8.02. The summed E-state index contributed by atoms with van der Waals surface area (Å²) in [6.45, 7) is 5.88. The predicted octanol–water partition coefficient (Wildman–Crippen LogP) is 2.16. The van der Waals surface area contributed by atoms with Crippen LogP contribution in [-0.2, 0) is 0 Å². The third kappa shape index (κ3) is 3.56. The minimum Gasteiger partial charge on any atom is -0.355 e. The maximum absolute atomic E-state index is 12.7. The highest BCUT2D eigenvalue weighted by Crippen LogP contribution is 2.17. The summed E-state index contributed by atoms with van der Waals surface area (Å²) in [4.78, 5) is 26.1. The summed E-state index contributed by atoms with van der Waals surface area (Å²) in [6, 6.07) is 9.27. The molecule has 0 atom stereocenters. The molecule has 1 saturated heterocycles. The molecule has 5 heteroatoms. The van der Waals surface area contributed by atoms with Crippen molar-refractivity contribution >= 4 is 11.6 Å². The molecule has 0 saturated carbocycles. The Labute approximate surface area is 137 Å². The molecule has 1 aliphatic rings. The van der Waals surface area contributed by atoms with Gasteiger partial charge < -0.3 is 9.80 Å². The molecule has 2 aromatic rings. The molecular weight excluding hydrogens is 288 g/mol. The Bertz CT molecular complexity index is 701. The van der Waals surface area contributed by atoms with E-state index in [4.69, 9.17) is 0 Å². The number of hydrogen-bond acceptors (Lipinski definition) is 5. The van der Waals surface area contributed by atoms with Gasteiger partial charge in [0, 0.05) is 37.1 Å². The van der Waals surface area contributed by atoms with Crippen LogP contribution >= 0.6 is 0 Å². The van der Waals surface area contributed by atoms with Gasteiger partial charge in [-0.3, -0.25) is 9.78 Å². The van der Waals surface area contributed by atoms with Crippen molar-refractivity contribution in [1.29, 1.82) is 0 Å². The van der Waals surface area contributed by atoms with Gasteiger partial charge in [0.1, 0.15) is 11.5 Å². The number of carbonyl (C=O) groups excluding carboxylic acids is 1. The summed E-state index contributed by atoms with van der Waals surface area (Å²) < 4.78 is 0. The van der Waals surface area contributed by atoms with Gasteiger partial charge in [0.25, 0.3) is 0 Å². The van der Waals surface area contributed by atoms with Crippen molar-refractivity contribution in [1.82, 2.24) is 14.9 Å². The van der Waals surface area contributed by atoms with Gasteiger partial charge in [0.15, 0.2) is 0 Å². The molecule has 1 aliphatic heterocycles. The van der Waals surface area contributed by atoms with E-state index in [9.17, 15) is 4.79 Å². The van der Waals surface area contributed by atoms with Gasteiger partial charge in [0.2, 0.25) is 5.78 Å². The number of aryl methyl sites for hydroxylation is 1. The minimum absolute atomic E-state index is 0.0654. The number of likely N-dealkylation sites (N-methyl/N-ethyl adjacent to an activating group) is 1. The number of rotatable bonds is 3. The number of anilines is 1. The van der Waals surface area contributed by atoms with Gasteiger partial charge >= 0.3 is 0 Å². The standard InChI is InChI=1S/C18H22N4O/c1-14-15(6-4-9-19-14)18(23)16-7-3-8-17(20-16)22-11-5-10-21(2)12-13-22/h3-4,6-9H,5,10-13H2,1-2H3. The number of pyridine rings is 2. The fraction of sp³-hybridized carbons (Fsp3) is 0.389. The van der Waals surface area contributed by atoms with Crippen molar-refractivity contribution in [3.63, 3.8) is 0 Å². The smallest absolute Gasteiger partial charge is 0.213 e. The summed E-state index contributed by atoms with van der Waals surface area (Å²) in [6.07, 6.45) is 2.81. The number of nitrogens with zero attached hydrogens (tertiary/aromatic N) is 4. The van der Waals surface area contributed by atoms with Crippen LogP contribution in [0.15, 0.2) is 36.5 Å². The Hall–Kier alpha value is -2.27. The van der Waals surface area contributed by atoms with Crippen molar-refractivity contribution in [2.45, 2.75) is 13.3 Å². The molecule has 0 N–H and O–H groups in total. The molecule has 0 bridgehead atoms. The van der Waals surface area contributed by atoms with Crippen LogP contribution in [0.25, 0.3) is 0 Å². The summed E-state index contributed by atoms with van der Waals surface area (Å²) in [7, 11) is 2.14. The van der Waals surface area contributed by atoms with Crippen LogP contribution < -0.4 is 4.90 Å². The van der Waals surface area contributed by atoms with E-state index in [1.54, 1.807) is 24.4 Å². The van der Waals surface area contributed by atoms with Gasteiger partial charge in [-0.05, 0) is 51.2 Å². The van der Waals surface area contributed by atoms with E-state index in [2.05, 4.69) is 26.8 Å². The molecule has 3 rings (SSSR count). The van der Waals surface area contributed by atoms with Crippen LogP contribution in [0, 0.1) is 6.92 Å². The molecule has 23 heavy (non-hydrogen) atoms. The Morgan fingerprint density at radius 2 is 1.96 bits per heavy atom. The first-order valence-electron chi connectivity index (χ1n) is 8.02. The van der Waals surface area contributed by atoms with Gasteiger partial charge in [-0.25, -0.2) is 4.98 Å². The Morgan fingerprint density at radius 3 is 2.78 bits per heavy atom. The molecule has 0 radical (unpaired) electrons. The van der Waals surface area contributed by atoms with Crippen LogP contribution in [0.5, 0.6) is 0 Å². The Balaban J connectivity index is 1.85. The van der Waals surface area contributed by atoms with E-state index in [0.717, 1.165) is 44.1 Å². The summed E-state index contributed by atoms with van der Waals surface area (Å²) in [5.41, 5.74) is 1.84. The monoisotopic (exact) mass is 310 g/mol. The zero-order chi connectivity index (χ0) is 16.2. The van der Waals surface area contributed by atoms with Crippen molar-refractivity contribution in [2.75, 3.05) is 38.1 Å². The topological polar surface area (TPSA) is 49.3 Å². The lowest BCUT2D eigenvalue weighted by Crippen LogP contribution is -2.29. The fourth-order valence-corrected chi connectivity index (χ4v) is 2.86. The quantitative estimate of drug-likeness (QED) is 0.813. The average Bonchev–Trinajstić information content (AvgIpc) is 2.79. The van der Waals surface area contributed by atoms with Crippen LogP contribution in [0.1, 0.15) is 28.2 Å². The molecule has 0 unspecified atom stereocenters. The lowest BCUT2D eigenvalue weighted by atomic mass is 10.1. The third-order valence-corrected chi connectivity index (χ3v) is 4.26. The van der Waals surface area contributed by atoms with Crippen LogP contribution in [-0.4, -0.2) is 53.9 Å². The fourth-order valence-electron chi connectivity index (χ4n) is 2.86. The van der Waals surface area contributed by atoms with Gasteiger partial charge in [-0.2, -0.15) is 0 Å². The van der Waals surface area contributed by atoms with Crippen LogP contribution in [0.4, 0.5) is 5.82 Å². The van der Waals surface area contributed by atoms with Crippen molar-refractivity contribution in [3.05, 3.63) is 53.5 Å². The van der Waals surface area contributed by atoms with Gasteiger partial charge in [0.05, 0.1) is 0 Å². The normalized spacial score (nSPS) is 16.2.